The van der Waals surface area contributed by atoms with Gasteiger partial charge in [-0.1, -0.05) is 26.8 Å². The SMILES string of the molecule is [C-]#[N+]C1=C[C@]2(C)CC[C@@H](C)O[C@H]2C(C)(C)C1=O. The fourth-order valence-corrected chi connectivity index (χ4v) is 3.15. The molecule has 0 aromatic rings. The summed E-state index contributed by atoms with van der Waals surface area (Å²) in [6.07, 6.45) is 3.89. The van der Waals surface area contributed by atoms with E-state index in [1.165, 1.54) is 0 Å². The lowest BCUT2D eigenvalue weighted by Crippen LogP contribution is -2.55. The first kappa shape index (κ1) is 12.3. The minimum absolute atomic E-state index is 0.0796. The summed E-state index contributed by atoms with van der Waals surface area (Å²) in [6, 6.07) is 0. The molecule has 3 atom stereocenters. The molecule has 1 aliphatic carbocycles. The second-order valence-corrected chi connectivity index (χ2v) is 6.06. The largest absolute Gasteiger partial charge is 0.373 e. The lowest BCUT2D eigenvalue weighted by atomic mass is 9.61. The Kier molecular flexibility index (Phi) is 2.67. The Labute approximate surface area is 103 Å². The van der Waals surface area contributed by atoms with E-state index in [4.69, 9.17) is 11.3 Å². The highest BCUT2D eigenvalue weighted by Crippen LogP contribution is 2.50. The Morgan fingerprint density at radius 1 is 1.47 bits per heavy atom. The van der Waals surface area contributed by atoms with Gasteiger partial charge in [0.2, 0.25) is 5.70 Å². The molecule has 3 heteroatoms. The lowest BCUT2D eigenvalue weighted by Gasteiger charge is -2.51. The molecule has 0 radical (unpaired) electrons. The highest BCUT2D eigenvalue weighted by Gasteiger charge is 2.54. The third-order valence-corrected chi connectivity index (χ3v) is 4.12. The van der Waals surface area contributed by atoms with Gasteiger partial charge in [0.05, 0.1) is 18.8 Å². The molecule has 1 saturated heterocycles. The number of ketones is 1. The maximum atomic E-state index is 12.2. The Bertz CT molecular complexity index is 430. The molecule has 3 nitrogen and oxygen atoms in total. The molecule has 1 heterocycles. The Morgan fingerprint density at radius 3 is 2.71 bits per heavy atom. The topological polar surface area (TPSA) is 30.7 Å². The van der Waals surface area contributed by atoms with Crippen molar-refractivity contribution in [2.24, 2.45) is 10.8 Å². The quantitative estimate of drug-likeness (QED) is 0.602. The summed E-state index contributed by atoms with van der Waals surface area (Å²) < 4.78 is 6.00. The first-order chi connectivity index (χ1) is 7.81. The van der Waals surface area contributed by atoms with E-state index in [1.807, 2.05) is 26.8 Å². The summed E-state index contributed by atoms with van der Waals surface area (Å²) in [5.41, 5.74) is -0.492. The van der Waals surface area contributed by atoms with Crippen LogP contribution < -0.4 is 0 Å². The molecule has 0 amide bonds. The number of hydrogen-bond acceptors (Lipinski definition) is 2. The van der Waals surface area contributed by atoms with Crippen molar-refractivity contribution in [3.8, 4) is 0 Å². The van der Waals surface area contributed by atoms with Gasteiger partial charge in [0.15, 0.2) is 5.78 Å². The molecule has 17 heavy (non-hydrogen) atoms. The molecule has 0 aromatic carbocycles. The third-order valence-electron chi connectivity index (χ3n) is 4.12. The van der Waals surface area contributed by atoms with E-state index >= 15 is 0 Å². The first-order valence-corrected chi connectivity index (χ1v) is 6.12. The van der Waals surface area contributed by atoms with Crippen molar-refractivity contribution in [1.29, 1.82) is 0 Å². The van der Waals surface area contributed by atoms with E-state index in [0.717, 1.165) is 12.8 Å². The van der Waals surface area contributed by atoms with Gasteiger partial charge in [-0.2, -0.15) is 0 Å². The van der Waals surface area contributed by atoms with Crippen LogP contribution in [-0.4, -0.2) is 18.0 Å². The maximum Gasteiger partial charge on any atom is 0.226 e. The van der Waals surface area contributed by atoms with Gasteiger partial charge in [0, 0.05) is 10.8 Å². The molecule has 2 rings (SSSR count). The first-order valence-electron chi connectivity index (χ1n) is 6.12. The van der Waals surface area contributed by atoms with Crippen LogP contribution >= 0.6 is 0 Å². The van der Waals surface area contributed by atoms with Gasteiger partial charge >= 0.3 is 0 Å². The summed E-state index contributed by atoms with van der Waals surface area (Å²) in [7, 11) is 0. The van der Waals surface area contributed by atoms with Crippen molar-refractivity contribution in [1.82, 2.24) is 0 Å². The monoisotopic (exact) mass is 233 g/mol. The second-order valence-electron chi connectivity index (χ2n) is 6.06. The number of nitrogens with zero attached hydrogens (tertiary/aromatic N) is 1. The Balaban J connectivity index is 2.51. The van der Waals surface area contributed by atoms with Gasteiger partial charge in [-0.3, -0.25) is 0 Å². The molecule has 0 unspecified atom stereocenters. The van der Waals surface area contributed by atoms with Gasteiger partial charge < -0.3 is 9.53 Å². The van der Waals surface area contributed by atoms with Crippen molar-refractivity contribution in [3.63, 3.8) is 0 Å². The molecule has 0 aromatic heterocycles. The Hall–Kier alpha value is -1.14. The van der Waals surface area contributed by atoms with Crippen LogP contribution in [0.25, 0.3) is 4.85 Å². The predicted octanol–water partition coefficient (Wildman–Crippen LogP) is 2.97. The standard InChI is InChI=1S/C14H19NO2/c1-9-6-7-14(4)8-10(15-5)11(16)13(2,3)12(14)17-9/h8-9,12H,6-7H2,1-4H3/t9-,12+,14+/m1/s1. The summed E-state index contributed by atoms with van der Waals surface area (Å²) in [6.45, 7) is 15.1. The van der Waals surface area contributed by atoms with Crippen LogP contribution in [-0.2, 0) is 9.53 Å². The summed E-state index contributed by atoms with van der Waals surface area (Å²) in [5, 5.41) is 0. The number of Topliss-reactive ketones (excluding diaryl/α,β-unsaturated/α-hetero) is 1. The van der Waals surface area contributed by atoms with Crippen molar-refractivity contribution in [2.75, 3.05) is 0 Å². The van der Waals surface area contributed by atoms with Crippen LogP contribution in [0.15, 0.2) is 11.8 Å². The highest BCUT2D eigenvalue weighted by molar-refractivity contribution is 6.02. The number of hydrogen-bond donors (Lipinski definition) is 0. The number of carbonyl (C=O) groups excluding carboxylic acids is 1. The number of ether oxygens (including phenoxy) is 1. The van der Waals surface area contributed by atoms with Crippen LogP contribution in [0.4, 0.5) is 0 Å². The van der Waals surface area contributed by atoms with Gasteiger partial charge in [0.25, 0.3) is 0 Å². The minimum Gasteiger partial charge on any atom is -0.373 e. The molecule has 1 fully saturated rings. The van der Waals surface area contributed by atoms with Crippen molar-refractivity contribution < 1.29 is 9.53 Å². The molecule has 0 saturated carbocycles. The van der Waals surface area contributed by atoms with E-state index in [9.17, 15) is 4.79 Å². The molecule has 92 valence electrons. The second kappa shape index (κ2) is 3.68. The number of carbonyl (C=O) groups is 1. The molecule has 0 N–H and O–H groups in total. The van der Waals surface area contributed by atoms with E-state index in [1.54, 1.807) is 0 Å². The molecular formula is C14H19NO2. The van der Waals surface area contributed by atoms with Crippen molar-refractivity contribution in [2.45, 2.75) is 52.7 Å². The van der Waals surface area contributed by atoms with Gasteiger partial charge in [0.1, 0.15) is 0 Å². The average molecular weight is 233 g/mol. The molecular weight excluding hydrogens is 214 g/mol. The highest BCUT2D eigenvalue weighted by atomic mass is 16.5. The van der Waals surface area contributed by atoms with Crippen LogP contribution in [0.3, 0.4) is 0 Å². The normalized spacial score (nSPS) is 40.2. The zero-order valence-corrected chi connectivity index (χ0v) is 10.9. The number of allylic oxidation sites excluding steroid dienone is 1. The van der Waals surface area contributed by atoms with Crippen LogP contribution in [0.5, 0.6) is 0 Å². The lowest BCUT2D eigenvalue weighted by molar-refractivity contribution is -0.167. The third kappa shape index (κ3) is 1.71. The van der Waals surface area contributed by atoms with Gasteiger partial charge in [-0.05, 0) is 19.8 Å². The van der Waals surface area contributed by atoms with Gasteiger partial charge in [-0.25, -0.2) is 4.85 Å². The fraction of sp³-hybridized carbons (Fsp3) is 0.714. The van der Waals surface area contributed by atoms with Crippen LogP contribution in [0.2, 0.25) is 0 Å². The smallest absolute Gasteiger partial charge is 0.226 e. The molecule has 0 spiro atoms. The summed E-state index contributed by atoms with van der Waals surface area (Å²) in [5.74, 6) is -0.0796. The van der Waals surface area contributed by atoms with E-state index in [0.29, 0.717) is 0 Å². The van der Waals surface area contributed by atoms with Crippen LogP contribution in [0.1, 0.15) is 40.5 Å². The van der Waals surface area contributed by atoms with Crippen molar-refractivity contribution >= 4 is 5.78 Å². The molecule has 0 bridgehead atoms. The van der Waals surface area contributed by atoms with E-state index < -0.39 is 5.41 Å². The summed E-state index contributed by atoms with van der Waals surface area (Å²) >= 11 is 0. The van der Waals surface area contributed by atoms with Gasteiger partial charge in [-0.15, -0.1) is 0 Å². The fourth-order valence-electron chi connectivity index (χ4n) is 3.15. The predicted molar refractivity (Wildman–Crippen MR) is 65.1 cm³/mol. The maximum absolute atomic E-state index is 12.2. The average Bonchev–Trinajstić information content (AvgIpc) is 2.27. The van der Waals surface area contributed by atoms with E-state index in [-0.39, 0.29) is 29.1 Å². The van der Waals surface area contributed by atoms with E-state index in [2.05, 4.69) is 11.8 Å². The Morgan fingerprint density at radius 2 is 2.12 bits per heavy atom. The molecule has 1 aliphatic heterocycles. The van der Waals surface area contributed by atoms with Crippen LogP contribution in [0, 0.1) is 17.4 Å². The summed E-state index contributed by atoms with van der Waals surface area (Å²) in [4.78, 5) is 15.6. The molecule has 2 aliphatic rings. The zero-order valence-electron chi connectivity index (χ0n) is 10.9. The van der Waals surface area contributed by atoms with Crippen molar-refractivity contribution in [3.05, 3.63) is 23.2 Å². The number of rotatable bonds is 0. The minimum atomic E-state index is -0.599. The zero-order chi connectivity index (χ0) is 12.8. The number of fused-ring (bicyclic) bond motifs is 1.